The predicted octanol–water partition coefficient (Wildman–Crippen LogP) is 5.58. The van der Waals surface area contributed by atoms with Gasteiger partial charge in [0.15, 0.2) is 0 Å². The maximum atomic E-state index is 5.53. The minimum Gasteiger partial charge on any atom is -0.481 e. The van der Waals surface area contributed by atoms with E-state index in [2.05, 4.69) is 59.9 Å². The molecule has 1 aromatic carbocycles. The molecule has 0 amide bonds. The Morgan fingerprint density at radius 1 is 1.16 bits per heavy atom. The minimum atomic E-state index is 0.415. The number of pyridine rings is 1. The van der Waals surface area contributed by atoms with Crippen LogP contribution in [0.1, 0.15) is 56.6 Å². The molecule has 1 aliphatic rings. The third-order valence-electron chi connectivity index (χ3n) is 6.49. The molecule has 166 valence electrons. The summed E-state index contributed by atoms with van der Waals surface area (Å²) >= 11 is 0. The molecule has 0 aliphatic carbocycles. The zero-order valence-corrected chi connectivity index (χ0v) is 19.3. The molecular weight excluding hydrogens is 386 g/mol. The number of methoxy groups -OCH3 is 1. The normalized spacial score (nSPS) is 15.8. The highest BCUT2D eigenvalue weighted by molar-refractivity contribution is 5.92. The van der Waals surface area contributed by atoms with Crippen LogP contribution in [-0.4, -0.2) is 54.8 Å². The van der Waals surface area contributed by atoms with E-state index in [1.807, 2.05) is 12.3 Å². The molecule has 0 spiro atoms. The van der Waals surface area contributed by atoms with E-state index < -0.39 is 0 Å². The van der Waals surface area contributed by atoms with Crippen LogP contribution in [0, 0.1) is 0 Å². The van der Waals surface area contributed by atoms with Gasteiger partial charge < -0.3 is 19.4 Å². The van der Waals surface area contributed by atoms with Gasteiger partial charge in [0, 0.05) is 41.9 Å². The van der Waals surface area contributed by atoms with Crippen molar-refractivity contribution in [1.29, 1.82) is 0 Å². The SMILES string of the molecule is CCOCCN1CCC(c2ccc3[nH]c(-c4ccnc(OC)c4)c(C(C)C)c3c2)CC1. The van der Waals surface area contributed by atoms with E-state index in [9.17, 15) is 0 Å². The number of piperidine rings is 1. The monoisotopic (exact) mass is 421 g/mol. The maximum Gasteiger partial charge on any atom is 0.213 e. The second kappa shape index (κ2) is 9.84. The van der Waals surface area contributed by atoms with E-state index in [0.29, 0.717) is 17.7 Å². The van der Waals surface area contributed by atoms with Crippen molar-refractivity contribution in [2.75, 3.05) is 40.0 Å². The number of nitrogens with one attached hydrogen (secondary N) is 1. The second-order valence-corrected chi connectivity index (χ2v) is 8.77. The molecule has 5 nitrogen and oxygen atoms in total. The molecule has 2 aromatic heterocycles. The Labute approximate surface area is 185 Å². The van der Waals surface area contributed by atoms with Crippen LogP contribution < -0.4 is 4.74 Å². The van der Waals surface area contributed by atoms with Crippen molar-refractivity contribution >= 4 is 10.9 Å². The smallest absolute Gasteiger partial charge is 0.213 e. The Morgan fingerprint density at radius 2 is 1.97 bits per heavy atom. The van der Waals surface area contributed by atoms with Gasteiger partial charge >= 0.3 is 0 Å². The predicted molar refractivity (Wildman–Crippen MR) is 127 cm³/mol. The molecule has 1 aliphatic heterocycles. The number of ether oxygens (including phenoxy) is 2. The number of rotatable bonds is 8. The lowest BCUT2D eigenvalue weighted by Crippen LogP contribution is -2.35. The molecule has 0 saturated carbocycles. The zero-order valence-electron chi connectivity index (χ0n) is 19.3. The lowest BCUT2D eigenvalue weighted by atomic mass is 9.87. The van der Waals surface area contributed by atoms with Gasteiger partial charge in [0.05, 0.1) is 19.4 Å². The van der Waals surface area contributed by atoms with Crippen LogP contribution in [0.3, 0.4) is 0 Å². The summed E-state index contributed by atoms with van der Waals surface area (Å²) < 4.78 is 10.9. The van der Waals surface area contributed by atoms with Crippen molar-refractivity contribution in [3.8, 4) is 17.1 Å². The van der Waals surface area contributed by atoms with E-state index in [4.69, 9.17) is 9.47 Å². The van der Waals surface area contributed by atoms with Crippen LogP contribution in [0.25, 0.3) is 22.2 Å². The van der Waals surface area contributed by atoms with Crippen LogP contribution in [-0.2, 0) is 4.74 Å². The van der Waals surface area contributed by atoms with Crippen molar-refractivity contribution in [3.05, 3.63) is 47.7 Å². The summed E-state index contributed by atoms with van der Waals surface area (Å²) in [7, 11) is 1.66. The Hall–Kier alpha value is -2.37. The highest BCUT2D eigenvalue weighted by Crippen LogP contribution is 2.38. The van der Waals surface area contributed by atoms with Crippen LogP contribution in [0.4, 0.5) is 0 Å². The van der Waals surface area contributed by atoms with Crippen LogP contribution in [0.5, 0.6) is 5.88 Å². The first-order valence-corrected chi connectivity index (χ1v) is 11.6. The Bertz CT molecular complexity index is 1000. The van der Waals surface area contributed by atoms with Gasteiger partial charge in [-0.3, -0.25) is 0 Å². The third kappa shape index (κ3) is 4.78. The highest BCUT2D eigenvalue weighted by Gasteiger charge is 2.22. The van der Waals surface area contributed by atoms with Crippen molar-refractivity contribution in [2.45, 2.75) is 45.4 Å². The lowest BCUT2D eigenvalue weighted by molar-refractivity contribution is 0.102. The number of hydrogen-bond acceptors (Lipinski definition) is 4. The summed E-state index contributed by atoms with van der Waals surface area (Å²) in [5, 5.41) is 1.34. The van der Waals surface area contributed by atoms with Gasteiger partial charge in [-0.15, -0.1) is 0 Å². The fourth-order valence-electron chi connectivity index (χ4n) is 4.82. The first-order chi connectivity index (χ1) is 15.1. The van der Waals surface area contributed by atoms with Crippen molar-refractivity contribution < 1.29 is 9.47 Å². The van der Waals surface area contributed by atoms with Gasteiger partial charge in [0.1, 0.15) is 0 Å². The molecule has 0 unspecified atom stereocenters. The van der Waals surface area contributed by atoms with E-state index in [1.54, 1.807) is 7.11 Å². The van der Waals surface area contributed by atoms with Gasteiger partial charge in [0.2, 0.25) is 5.88 Å². The first-order valence-electron chi connectivity index (χ1n) is 11.6. The van der Waals surface area contributed by atoms with E-state index in [0.717, 1.165) is 38.4 Å². The number of nitrogens with zero attached hydrogens (tertiary/aromatic N) is 2. The number of fused-ring (bicyclic) bond motifs is 1. The number of H-pyrrole nitrogens is 1. The van der Waals surface area contributed by atoms with Crippen molar-refractivity contribution in [3.63, 3.8) is 0 Å². The van der Waals surface area contributed by atoms with E-state index in [1.165, 1.54) is 40.6 Å². The van der Waals surface area contributed by atoms with Crippen LogP contribution in [0.15, 0.2) is 36.5 Å². The van der Waals surface area contributed by atoms with Crippen LogP contribution >= 0.6 is 0 Å². The number of benzene rings is 1. The fourth-order valence-corrected chi connectivity index (χ4v) is 4.82. The number of hydrogen-bond donors (Lipinski definition) is 1. The molecular formula is C26H35N3O2. The molecule has 1 saturated heterocycles. The summed E-state index contributed by atoms with van der Waals surface area (Å²) in [6, 6.07) is 11.1. The van der Waals surface area contributed by atoms with Crippen LogP contribution in [0.2, 0.25) is 0 Å². The number of aromatic amines is 1. The lowest BCUT2D eigenvalue weighted by Gasteiger charge is -2.32. The molecule has 5 heteroatoms. The molecule has 4 rings (SSSR count). The second-order valence-electron chi connectivity index (χ2n) is 8.77. The number of aromatic nitrogens is 2. The maximum absolute atomic E-state index is 5.53. The standard InChI is InChI=1S/C26H35N3O2/c1-5-31-15-14-29-12-9-19(10-13-29)20-6-7-23-22(16-20)25(18(2)3)26(28-23)21-8-11-27-24(17-21)30-4/h6-8,11,16-19,28H,5,9-10,12-15H2,1-4H3. The molecule has 1 fully saturated rings. The summed E-state index contributed by atoms with van der Waals surface area (Å²) in [6.45, 7) is 11.6. The van der Waals surface area contributed by atoms with Gasteiger partial charge in [-0.1, -0.05) is 19.9 Å². The summed E-state index contributed by atoms with van der Waals surface area (Å²) in [4.78, 5) is 10.5. The average molecular weight is 422 g/mol. The Morgan fingerprint density at radius 3 is 2.68 bits per heavy atom. The highest BCUT2D eigenvalue weighted by atomic mass is 16.5. The molecule has 0 bridgehead atoms. The van der Waals surface area contributed by atoms with Gasteiger partial charge in [-0.2, -0.15) is 0 Å². The molecule has 0 radical (unpaired) electrons. The van der Waals surface area contributed by atoms with Crippen molar-refractivity contribution in [1.82, 2.24) is 14.9 Å². The zero-order chi connectivity index (χ0) is 21.8. The fraction of sp³-hybridized carbons (Fsp3) is 0.500. The number of likely N-dealkylation sites (tertiary alicyclic amines) is 1. The quantitative estimate of drug-likeness (QED) is 0.483. The average Bonchev–Trinajstić information content (AvgIpc) is 3.19. The van der Waals surface area contributed by atoms with Gasteiger partial charge in [0.25, 0.3) is 0 Å². The first kappa shape index (κ1) is 21.8. The summed E-state index contributed by atoms with van der Waals surface area (Å²) in [5.74, 6) is 1.69. The van der Waals surface area contributed by atoms with Gasteiger partial charge in [-0.25, -0.2) is 4.98 Å². The molecule has 1 N–H and O–H groups in total. The molecule has 0 atom stereocenters. The van der Waals surface area contributed by atoms with E-state index >= 15 is 0 Å². The minimum absolute atomic E-state index is 0.415. The molecule has 31 heavy (non-hydrogen) atoms. The largest absolute Gasteiger partial charge is 0.481 e. The molecule has 3 aromatic rings. The Kier molecular flexibility index (Phi) is 6.93. The Balaban J connectivity index is 1.60. The van der Waals surface area contributed by atoms with Gasteiger partial charge in [-0.05, 0) is 74.0 Å². The van der Waals surface area contributed by atoms with Crippen molar-refractivity contribution in [2.24, 2.45) is 0 Å². The third-order valence-corrected chi connectivity index (χ3v) is 6.49. The van der Waals surface area contributed by atoms with E-state index in [-0.39, 0.29) is 0 Å². The molecule has 3 heterocycles. The topological polar surface area (TPSA) is 50.4 Å². The summed E-state index contributed by atoms with van der Waals surface area (Å²) in [5.41, 5.74) is 6.34. The summed E-state index contributed by atoms with van der Waals surface area (Å²) in [6.07, 6.45) is 4.25.